The van der Waals surface area contributed by atoms with Gasteiger partial charge in [0, 0.05) is 12.8 Å². The third-order valence-corrected chi connectivity index (χ3v) is 3.49. The molecule has 0 aliphatic carbocycles. The number of carbonyl (C=O) groups is 1. The van der Waals surface area contributed by atoms with E-state index >= 15 is 0 Å². The topological polar surface area (TPSA) is 42.0 Å². The van der Waals surface area contributed by atoms with Crippen LogP contribution in [0, 0.1) is 0 Å². The van der Waals surface area contributed by atoms with Gasteiger partial charge >= 0.3 is 6.18 Å². The molecular formula is C12H11F3N2OS. The number of para-hydroxylation sites is 1. The number of nitrogens with zero attached hydrogens (tertiary/aromatic N) is 1. The molecule has 0 aliphatic heterocycles. The summed E-state index contributed by atoms with van der Waals surface area (Å²) in [5.41, 5.74) is 0.846. The highest BCUT2D eigenvalue weighted by Gasteiger charge is 2.27. The molecule has 7 heteroatoms. The van der Waals surface area contributed by atoms with E-state index in [9.17, 15) is 18.0 Å². The largest absolute Gasteiger partial charge is 0.405 e. The van der Waals surface area contributed by atoms with Crippen LogP contribution in [0.3, 0.4) is 0 Å². The Bertz CT molecular complexity index is 547. The van der Waals surface area contributed by atoms with Crippen molar-refractivity contribution in [1.29, 1.82) is 0 Å². The van der Waals surface area contributed by atoms with E-state index in [0.717, 1.165) is 15.2 Å². The smallest absolute Gasteiger partial charge is 0.347 e. The molecule has 0 unspecified atom stereocenters. The molecule has 0 bridgehead atoms. The molecule has 2 aromatic rings. The average molecular weight is 288 g/mol. The van der Waals surface area contributed by atoms with Gasteiger partial charge < -0.3 is 5.32 Å². The van der Waals surface area contributed by atoms with Crippen molar-refractivity contribution < 1.29 is 18.0 Å². The number of nitrogens with one attached hydrogen (secondary N) is 1. The Balaban J connectivity index is 1.86. The van der Waals surface area contributed by atoms with Gasteiger partial charge in [-0.15, -0.1) is 11.3 Å². The molecule has 0 fully saturated rings. The van der Waals surface area contributed by atoms with Crippen molar-refractivity contribution in [2.45, 2.75) is 19.0 Å². The van der Waals surface area contributed by atoms with Gasteiger partial charge in [-0.2, -0.15) is 13.2 Å². The number of carbonyl (C=O) groups excluding carboxylic acids is 1. The van der Waals surface area contributed by atoms with E-state index in [1.165, 1.54) is 11.3 Å². The Morgan fingerprint density at radius 1 is 1.32 bits per heavy atom. The van der Waals surface area contributed by atoms with Crippen LogP contribution in [0.4, 0.5) is 13.2 Å². The zero-order valence-electron chi connectivity index (χ0n) is 9.83. The SMILES string of the molecule is O=C(CCc1nc2ccccc2s1)NCC(F)(F)F. The van der Waals surface area contributed by atoms with E-state index in [1.54, 1.807) is 0 Å². The highest BCUT2D eigenvalue weighted by atomic mass is 32.1. The Morgan fingerprint density at radius 2 is 2.05 bits per heavy atom. The molecule has 0 saturated heterocycles. The number of amides is 1. The van der Waals surface area contributed by atoms with Crippen LogP contribution in [0.15, 0.2) is 24.3 Å². The molecule has 0 spiro atoms. The first-order chi connectivity index (χ1) is 8.94. The molecule has 3 nitrogen and oxygen atoms in total. The van der Waals surface area contributed by atoms with Gasteiger partial charge in [-0.3, -0.25) is 4.79 Å². The third kappa shape index (κ3) is 4.20. The number of aromatic nitrogens is 1. The summed E-state index contributed by atoms with van der Waals surface area (Å²) in [6, 6.07) is 7.53. The summed E-state index contributed by atoms with van der Waals surface area (Å²) in [7, 11) is 0. The summed E-state index contributed by atoms with van der Waals surface area (Å²) in [5.74, 6) is -0.614. The second-order valence-electron chi connectivity index (χ2n) is 3.97. The fourth-order valence-corrected chi connectivity index (χ4v) is 2.50. The summed E-state index contributed by atoms with van der Waals surface area (Å²) in [6.07, 6.45) is -4.01. The molecule has 0 atom stereocenters. The number of alkyl halides is 3. The number of fused-ring (bicyclic) bond motifs is 1. The van der Waals surface area contributed by atoms with Gasteiger partial charge in [-0.1, -0.05) is 12.1 Å². The first-order valence-corrected chi connectivity index (χ1v) is 6.43. The van der Waals surface area contributed by atoms with E-state index in [4.69, 9.17) is 0 Å². The van der Waals surface area contributed by atoms with Crippen molar-refractivity contribution in [1.82, 2.24) is 10.3 Å². The van der Waals surface area contributed by atoms with Crippen LogP contribution < -0.4 is 5.32 Å². The van der Waals surface area contributed by atoms with Crippen molar-refractivity contribution in [3.8, 4) is 0 Å². The van der Waals surface area contributed by atoms with Crippen molar-refractivity contribution in [3.63, 3.8) is 0 Å². The Hall–Kier alpha value is -1.63. The lowest BCUT2D eigenvalue weighted by Gasteiger charge is -2.07. The molecule has 2 rings (SSSR count). The number of hydrogen-bond donors (Lipinski definition) is 1. The molecule has 1 aromatic heterocycles. The fraction of sp³-hybridized carbons (Fsp3) is 0.333. The number of halogens is 3. The molecule has 1 amide bonds. The Labute approximate surface area is 111 Å². The van der Waals surface area contributed by atoms with Crippen LogP contribution in [0.5, 0.6) is 0 Å². The second-order valence-corrected chi connectivity index (χ2v) is 5.08. The quantitative estimate of drug-likeness (QED) is 0.940. The second kappa shape index (κ2) is 5.56. The van der Waals surface area contributed by atoms with Crippen molar-refractivity contribution >= 4 is 27.5 Å². The van der Waals surface area contributed by atoms with Gasteiger partial charge in [0.25, 0.3) is 0 Å². The van der Waals surface area contributed by atoms with Gasteiger partial charge in [-0.05, 0) is 12.1 Å². The Kier molecular flexibility index (Phi) is 4.04. The van der Waals surface area contributed by atoms with Gasteiger partial charge in [0.2, 0.25) is 5.91 Å². The van der Waals surface area contributed by atoms with Crippen molar-refractivity contribution in [2.75, 3.05) is 6.54 Å². The number of benzene rings is 1. The zero-order chi connectivity index (χ0) is 13.9. The van der Waals surface area contributed by atoms with E-state index in [-0.39, 0.29) is 6.42 Å². The van der Waals surface area contributed by atoms with Gasteiger partial charge in [0.15, 0.2) is 0 Å². The fourth-order valence-electron chi connectivity index (χ4n) is 1.53. The van der Waals surface area contributed by atoms with Gasteiger partial charge in [0.05, 0.1) is 15.2 Å². The minimum absolute atomic E-state index is 0.00982. The maximum atomic E-state index is 11.9. The maximum Gasteiger partial charge on any atom is 0.405 e. The molecule has 0 aliphatic rings. The molecule has 19 heavy (non-hydrogen) atoms. The summed E-state index contributed by atoms with van der Waals surface area (Å²) in [4.78, 5) is 15.6. The first-order valence-electron chi connectivity index (χ1n) is 5.62. The van der Waals surface area contributed by atoms with Crippen LogP contribution >= 0.6 is 11.3 Å². The molecule has 1 heterocycles. The van der Waals surface area contributed by atoms with E-state index in [2.05, 4.69) is 4.98 Å². The standard InChI is InChI=1S/C12H11F3N2OS/c13-12(14,15)7-16-10(18)5-6-11-17-8-3-1-2-4-9(8)19-11/h1-4H,5-7H2,(H,16,18). The van der Waals surface area contributed by atoms with Crippen LogP contribution in [-0.4, -0.2) is 23.6 Å². The van der Waals surface area contributed by atoms with E-state index < -0.39 is 18.6 Å². The highest BCUT2D eigenvalue weighted by molar-refractivity contribution is 7.18. The van der Waals surface area contributed by atoms with E-state index in [0.29, 0.717) is 6.42 Å². The molecule has 0 saturated carbocycles. The first kappa shape index (κ1) is 13.8. The number of rotatable bonds is 4. The normalized spacial score (nSPS) is 11.7. The molecular weight excluding hydrogens is 277 g/mol. The molecule has 1 N–H and O–H groups in total. The lowest BCUT2D eigenvalue weighted by atomic mass is 10.3. The van der Waals surface area contributed by atoms with E-state index in [1.807, 2.05) is 29.6 Å². The number of aryl methyl sites for hydroxylation is 1. The van der Waals surface area contributed by atoms with Crippen LogP contribution in [0.1, 0.15) is 11.4 Å². The summed E-state index contributed by atoms with van der Waals surface area (Å²) >= 11 is 1.45. The predicted octanol–water partition coefficient (Wildman–Crippen LogP) is 2.91. The van der Waals surface area contributed by atoms with Crippen LogP contribution in [-0.2, 0) is 11.2 Å². The van der Waals surface area contributed by atoms with Crippen molar-refractivity contribution in [3.05, 3.63) is 29.3 Å². The number of hydrogen-bond acceptors (Lipinski definition) is 3. The lowest BCUT2D eigenvalue weighted by molar-refractivity contribution is -0.138. The summed E-state index contributed by atoms with van der Waals surface area (Å²) < 4.78 is 36.7. The third-order valence-electron chi connectivity index (χ3n) is 2.39. The number of thiazole rings is 1. The molecule has 0 radical (unpaired) electrons. The Morgan fingerprint density at radius 3 is 2.74 bits per heavy atom. The summed E-state index contributed by atoms with van der Waals surface area (Å²) in [6.45, 7) is -1.29. The highest BCUT2D eigenvalue weighted by Crippen LogP contribution is 2.22. The van der Waals surface area contributed by atoms with Crippen LogP contribution in [0.25, 0.3) is 10.2 Å². The predicted molar refractivity (Wildman–Crippen MR) is 67.0 cm³/mol. The monoisotopic (exact) mass is 288 g/mol. The zero-order valence-corrected chi connectivity index (χ0v) is 10.6. The lowest BCUT2D eigenvalue weighted by Crippen LogP contribution is -2.33. The molecule has 1 aromatic carbocycles. The maximum absolute atomic E-state index is 11.9. The minimum atomic E-state index is -4.37. The van der Waals surface area contributed by atoms with Gasteiger partial charge in [-0.25, -0.2) is 4.98 Å². The van der Waals surface area contributed by atoms with Gasteiger partial charge in [0.1, 0.15) is 6.54 Å². The summed E-state index contributed by atoms with van der Waals surface area (Å²) in [5, 5.41) is 2.59. The van der Waals surface area contributed by atoms with Crippen molar-refractivity contribution in [2.24, 2.45) is 0 Å². The average Bonchev–Trinajstić information content (AvgIpc) is 2.75. The van der Waals surface area contributed by atoms with Crippen LogP contribution in [0.2, 0.25) is 0 Å². The molecule has 102 valence electrons. The minimum Gasteiger partial charge on any atom is -0.347 e.